The molecular formula is C11H14N4O. The second-order valence-electron chi connectivity index (χ2n) is 3.72. The largest absolute Gasteiger partial charge is 0.298 e. The molecular weight excluding hydrogens is 204 g/mol. The fraction of sp³-hybridized carbons (Fsp3) is 0.364. The van der Waals surface area contributed by atoms with Crippen molar-refractivity contribution in [2.45, 2.75) is 19.9 Å². The van der Waals surface area contributed by atoms with E-state index in [1.165, 1.54) is 0 Å². The van der Waals surface area contributed by atoms with Gasteiger partial charge in [0.2, 0.25) is 0 Å². The number of aldehydes is 1. The van der Waals surface area contributed by atoms with Crippen LogP contribution in [0.25, 0.3) is 11.3 Å². The normalized spacial score (nSPS) is 10.6. The van der Waals surface area contributed by atoms with Crippen LogP contribution in [0.5, 0.6) is 0 Å². The van der Waals surface area contributed by atoms with Crippen LogP contribution in [0, 0.1) is 0 Å². The molecule has 0 N–H and O–H groups in total. The van der Waals surface area contributed by atoms with Gasteiger partial charge in [-0.2, -0.15) is 10.2 Å². The van der Waals surface area contributed by atoms with E-state index in [9.17, 15) is 4.79 Å². The number of aryl methyl sites for hydroxylation is 2. The zero-order chi connectivity index (χ0) is 11.5. The number of rotatable bonds is 4. The van der Waals surface area contributed by atoms with Crippen LogP contribution in [0.3, 0.4) is 0 Å². The lowest BCUT2D eigenvalue weighted by Crippen LogP contribution is -1.96. The van der Waals surface area contributed by atoms with Crippen LogP contribution in [0.1, 0.15) is 23.7 Å². The van der Waals surface area contributed by atoms with Gasteiger partial charge in [-0.25, -0.2) is 0 Å². The van der Waals surface area contributed by atoms with Gasteiger partial charge in [0, 0.05) is 31.5 Å². The second kappa shape index (κ2) is 4.30. The number of hydrogen-bond acceptors (Lipinski definition) is 3. The summed E-state index contributed by atoms with van der Waals surface area (Å²) in [6, 6.07) is 0. The van der Waals surface area contributed by atoms with E-state index in [-0.39, 0.29) is 0 Å². The first-order valence-corrected chi connectivity index (χ1v) is 5.26. The fourth-order valence-electron chi connectivity index (χ4n) is 1.63. The van der Waals surface area contributed by atoms with Gasteiger partial charge in [0.25, 0.3) is 0 Å². The highest BCUT2D eigenvalue weighted by molar-refractivity contribution is 5.85. The molecule has 2 heterocycles. The Balaban J connectivity index is 2.42. The molecule has 0 saturated heterocycles. The molecule has 84 valence electrons. The van der Waals surface area contributed by atoms with Gasteiger partial charge in [-0.15, -0.1) is 0 Å². The van der Waals surface area contributed by atoms with Crippen molar-refractivity contribution in [3.63, 3.8) is 0 Å². The Morgan fingerprint density at radius 2 is 2.25 bits per heavy atom. The molecule has 0 fully saturated rings. The van der Waals surface area contributed by atoms with Crippen LogP contribution in [0.15, 0.2) is 18.6 Å². The molecule has 0 spiro atoms. The van der Waals surface area contributed by atoms with E-state index < -0.39 is 0 Å². The Bertz CT molecular complexity index is 498. The van der Waals surface area contributed by atoms with Gasteiger partial charge in [-0.1, -0.05) is 6.92 Å². The maximum Gasteiger partial charge on any atom is 0.153 e. The number of carbonyl (C=O) groups is 1. The molecule has 0 radical (unpaired) electrons. The maximum absolute atomic E-state index is 10.9. The minimum atomic E-state index is 0.612. The molecule has 0 bridgehead atoms. The monoisotopic (exact) mass is 218 g/mol. The zero-order valence-electron chi connectivity index (χ0n) is 9.42. The summed E-state index contributed by atoms with van der Waals surface area (Å²) in [6.07, 6.45) is 7.17. The number of aromatic nitrogens is 4. The van der Waals surface area contributed by atoms with E-state index in [2.05, 4.69) is 17.1 Å². The lowest BCUT2D eigenvalue weighted by molar-refractivity contribution is 0.112. The van der Waals surface area contributed by atoms with Gasteiger partial charge in [-0.3, -0.25) is 14.2 Å². The van der Waals surface area contributed by atoms with Crippen molar-refractivity contribution in [1.82, 2.24) is 19.6 Å². The molecule has 0 atom stereocenters. The molecule has 0 unspecified atom stereocenters. The van der Waals surface area contributed by atoms with Gasteiger partial charge >= 0.3 is 0 Å². The SMILES string of the molecule is CCCn1cc(C=O)c(-c2cnn(C)c2)n1. The summed E-state index contributed by atoms with van der Waals surface area (Å²) in [5.74, 6) is 0. The van der Waals surface area contributed by atoms with Crippen molar-refractivity contribution in [2.75, 3.05) is 0 Å². The number of hydrogen-bond donors (Lipinski definition) is 0. The van der Waals surface area contributed by atoms with Crippen LogP contribution in [0.4, 0.5) is 0 Å². The third-order valence-corrected chi connectivity index (χ3v) is 2.35. The Morgan fingerprint density at radius 3 is 2.81 bits per heavy atom. The van der Waals surface area contributed by atoms with E-state index in [0.717, 1.165) is 24.8 Å². The van der Waals surface area contributed by atoms with E-state index in [0.29, 0.717) is 11.3 Å². The van der Waals surface area contributed by atoms with E-state index >= 15 is 0 Å². The average Bonchev–Trinajstić information content (AvgIpc) is 2.84. The quantitative estimate of drug-likeness (QED) is 0.731. The molecule has 2 aromatic heterocycles. The molecule has 5 nitrogen and oxygen atoms in total. The third-order valence-electron chi connectivity index (χ3n) is 2.35. The van der Waals surface area contributed by atoms with E-state index in [4.69, 9.17) is 0 Å². The highest BCUT2D eigenvalue weighted by Crippen LogP contribution is 2.19. The van der Waals surface area contributed by atoms with Crippen LogP contribution in [-0.4, -0.2) is 25.8 Å². The lowest BCUT2D eigenvalue weighted by Gasteiger charge is -1.95. The molecule has 0 aliphatic rings. The highest BCUT2D eigenvalue weighted by Gasteiger charge is 2.11. The van der Waals surface area contributed by atoms with Gasteiger partial charge < -0.3 is 0 Å². The third kappa shape index (κ3) is 1.88. The molecule has 0 amide bonds. The molecule has 0 aliphatic heterocycles. The maximum atomic E-state index is 10.9. The fourth-order valence-corrected chi connectivity index (χ4v) is 1.63. The molecule has 2 aromatic rings. The summed E-state index contributed by atoms with van der Waals surface area (Å²) in [6.45, 7) is 2.90. The van der Waals surface area contributed by atoms with Crippen LogP contribution < -0.4 is 0 Å². The molecule has 0 saturated carbocycles. The predicted octanol–water partition coefficient (Wildman–Crippen LogP) is 1.51. The van der Waals surface area contributed by atoms with Gasteiger partial charge in [0.15, 0.2) is 6.29 Å². The Hall–Kier alpha value is -1.91. The summed E-state index contributed by atoms with van der Waals surface area (Å²) < 4.78 is 3.49. The molecule has 0 aliphatic carbocycles. The number of nitrogens with zero attached hydrogens (tertiary/aromatic N) is 4. The first kappa shape index (κ1) is 10.6. The first-order chi connectivity index (χ1) is 7.74. The van der Waals surface area contributed by atoms with Crippen molar-refractivity contribution >= 4 is 6.29 Å². The summed E-state index contributed by atoms with van der Waals surface area (Å²) in [5.41, 5.74) is 2.19. The van der Waals surface area contributed by atoms with E-state index in [1.807, 2.05) is 13.2 Å². The Labute approximate surface area is 93.7 Å². The van der Waals surface area contributed by atoms with Gasteiger partial charge in [-0.05, 0) is 6.42 Å². The summed E-state index contributed by atoms with van der Waals surface area (Å²) in [5, 5.41) is 8.46. The van der Waals surface area contributed by atoms with Crippen molar-refractivity contribution in [3.8, 4) is 11.3 Å². The second-order valence-corrected chi connectivity index (χ2v) is 3.72. The first-order valence-electron chi connectivity index (χ1n) is 5.26. The summed E-state index contributed by atoms with van der Waals surface area (Å²) >= 11 is 0. The van der Waals surface area contributed by atoms with Crippen LogP contribution in [0.2, 0.25) is 0 Å². The summed E-state index contributed by atoms with van der Waals surface area (Å²) in [7, 11) is 1.84. The van der Waals surface area contributed by atoms with Crippen LogP contribution >= 0.6 is 0 Å². The Morgan fingerprint density at radius 1 is 1.44 bits per heavy atom. The Kier molecular flexibility index (Phi) is 2.85. The molecule has 5 heteroatoms. The standard InChI is InChI=1S/C11H14N4O/c1-3-4-15-7-10(8-16)11(13-15)9-5-12-14(2)6-9/h5-8H,3-4H2,1-2H3. The van der Waals surface area contributed by atoms with E-state index in [1.54, 1.807) is 21.8 Å². The van der Waals surface area contributed by atoms with Gasteiger partial charge in [0.05, 0.1) is 11.8 Å². The minimum absolute atomic E-state index is 0.612. The minimum Gasteiger partial charge on any atom is -0.298 e. The highest BCUT2D eigenvalue weighted by atomic mass is 16.1. The molecule has 0 aromatic carbocycles. The van der Waals surface area contributed by atoms with Crippen molar-refractivity contribution in [2.24, 2.45) is 7.05 Å². The molecule has 16 heavy (non-hydrogen) atoms. The van der Waals surface area contributed by atoms with Crippen molar-refractivity contribution < 1.29 is 4.79 Å². The van der Waals surface area contributed by atoms with Gasteiger partial charge in [0.1, 0.15) is 5.69 Å². The topological polar surface area (TPSA) is 52.7 Å². The zero-order valence-corrected chi connectivity index (χ0v) is 9.42. The smallest absolute Gasteiger partial charge is 0.153 e. The molecule has 2 rings (SSSR count). The predicted molar refractivity (Wildman–Crippen MR) is 60.1 cm³/mol. The lowest BCUT2D eigenvalue weighted by atomic mass is 10.2. The number of carbonyl (C=O) groups excluding carboxylic acids is 1. The van der Waals surface area contributed by atoms with Crippen LogP contribution in [-0.2, 0) is 13.6 Å². The average molecular weight is 218 g/mol. The van der Waals surface area contributed by atoms with Crippen molar-refractivity contribution in [3.05, 3.63) is 24.2 Å². The van der Waals surface area contributed by atoms with Crippen molar-refractivity contribution in [1.29, 1.82) is 0 Å². The summed E-state index contributed by atoms with van der Waals surface area (Å²) in [4.78, 5) is 10.9.